The molecule has 2 atom stereocenters. The average molecular weight is 255 g/mol. The van der Waals surface area contributed by atoms with Crippen LogP contribution >= 0.6 is 0 Å². The SMILES string of the molecule is CC(C)CCNC(=O)C(C)N1CCCCC1CN. The third-order valence-electron chi connectivity index (χ3n) is 3.84. The van der Waals surface area contributed by atoms with Crippen molar-refractivity contribution in [2.45, 2.75) is 58.5 Å². The molecule has 0 aromatic rings. The summed E-state index contributed by atoms with van der Waals surface area (Å²) in [6, 6.07) is 0.329. The molecular formula is C14H29N3O. The second kappa shape index (κ2) is 7.74. The molecule has 0 aliphatic carbocycles. The molecule has 2 unspecified atom stereocenters. The van der Waals surface area contributed by atoms with Gasteiger partial charge in [-0.2, -0.15) is 0 Å². The van der Waals surface area contributed by atoms with Crippen LogP contribution in [0.1, 0.15) is 46.5 Å². The van der Waals surface area contributed by atoms with Gasteiger partial charge >= 0.3 is 0 Å². The lowest BCUT2D eigenvalue weighted by Crippen LogP contribution is -2.54. The van der Waals surface area contributed by atoms with E-state index in [0.29, 0.717) is 18.5 Å². The van der Waals surface area contributed by atoms with E-state index in [1.807, 2.05) is 6.92 Å². The maximum Gasteiger partial charge on any atom is 0.237 e. The normalized spacial score (nSPS) is 23.1. The lowest BCUT2D eigenvalue weighted by Gasteiger charge is -2.38. The molecule has 1 fully saturated rings. The summed E-state index contributed by atoms with van der Waals surface area (Å²) in [5.74, 6) is 0.781. The number of carbonyl (C=O) groups is 1. The fourth-order valence-electron chi connectivity index (χ4n) is 2.57. The number of hydrogen-bond acceptors (Lipinski definition) is 3. The van der Waals surface area contributed by atoms with Gasteiger partial charge in [-0.15, -0.1) is 0 Å². The molecule has 4 nitrogen and oxygen atoms in total. The molecule has 0 radical (unpaired) electrons. The van der Waals surface area contributed by atoms with Gasteiger partial charge in [-0.25, -0.2) is 0 Å². The van der Waals surface area contributed by atoms with Crippen molar-refractivity contribution in [3.05, 3.63) is 0 Å². The van der Waals surface area contributed by atoms with E-state index in [9.17, 15) is 4.79 Å². The molecule has 1 heterocycles. The van der Waals surface area contributed by atoms with Crippen molar-refractivity contribution >= 4 is 5.91 Å². The van der Waals surface area contributed by atoms with E-state index < -0.39 is 0 Å². The number of nitrogens with one attached hydrogen (secondary N) is 1. The van der Waals surface area contributed by atoms with Gasteiger partial charge in [0, 0.05) is 19.1 Å². The van der Waals surface area contributed by atoms with Gasteiger partial charge in [0.25, 0.3) is 0 Å². The van der Waals surface area contributed by atoms with Gasteiger partial charge in [-0.3, -0.25) is 9.69 Å². The summed E-state index contributed by atoms with van der Waals surface area (Å²) in [6.07, 6.45) is 4.58. The van der Waals surface area contributed by atoms with Crippen LogP contribution in [0.2, 0.25) is 0 Å². The Morgan fingerprint density at radius 2 is 2.11 bits per heavy atom. The van der Waals surface area contributed by atoms with Gasteiger partial charge in [0.05, 0.1) is 6.04 Å². The number of piperidine rings is 1. The molecule has 4 heteroatoms. The first kappa shape index (κ1) is 15.4. The van der Waals surface area contributed by atoms with Crippen molar-refractivity contribution < 1.29 is 4.79 Å². The molecule has 0 saturated carbocycles. The van der Waals surface area contributed by atoms with E-state index in [1.165, 1.54) is 12.8 Å². The van der Waals surface area contributed by atoms with Crippen LogP contribution in [0.5, 0.6) is 0 Å². The topological polar surface area (TPSA) is 58.4 Å². The summed E-state index contributed by atoms with van der Waals surface area (Å²) in [5.41, 5.74) is 5.80. The summed E-state index contributed by atoms with van der Waals surface area (Å²) in [4.78, 5) is 14.4. The van der Waals surface area contributed by atoms with Gasteiger partial charge in [-0.05, 0) is 38.6 Å². The van der Waals surface area contributed by atoms with E-state index in [2.05, 4.69) is 24.1 Å². The number of hydrogen-bond donors (Lipinski definition) is 2. The molecule has 0 bridgehead atoms. The maximum absolute atomic E-state index is 12.1. The number of nitrogens with two attached hydrogens (primary N) is 1. The highest BCUT2D eigenvalue weighted by Gasteiger charge is 2.29. The highest BCUT2D eigenvalue weighted by atomic mass is 16.2. The lowest BCUT2D eigenvalue weighted by molar-refractivity contribution is -0.127. The van der Waals surface area contributed by atoms with Gasteiger partial charge < -0.3 is 11.1 Å². The van der Waals surface area contributed by atoms with E-state index >= 15 is 0 Å². The number of likely N-dealkylation sites (tertiary alicyclic amines) is 1. The Morgan fingerprint density at radius 3 is 2.72 bits per heavy atom. The Morgan fingerprint density at radius 1 is 1.39 bits per heavy atom. The fourth-order valence-corrected chi connectivity index (χ4v) is 2.57. The van der Waals surface area contributed by atoms with Crippen molar-refractivity contribution in [3.63, 3.8) is 0 Å². The van der Waals surface area contributed by atoms with E-state index in [-0.39, 0.29) is 11.9 Å². The maximum atomic E-state index is 12.1. The Bertz CT molecular complexity index is 255. The van der Waals surface area contributed by atoms with Crippen molar-refractivity contribution in [1.82, 2.24) is 10.2 Å². The van der Waals surface area contributed by atoms with E-state index in [4.69, 9.17) is 5.73 Å². The molecular weight excluding hydrogens is 226 g/mol. The van der Waals surface area contributed by atoms with Crippen molar-refractivity contribution in [2.24, 2.45) is 11.7 Å². The highest BCUT2D eigenvalue weighted by molar-refractivity contribution is 5.81. The quantitative estimate of drug-likeness (QED) is 0.753. The second-order valence-corrected chi connectivity index (χ2v) is 5.77. The van der Waals surface area contributed by atoms with Crippen LogP contribution in [-0.4, -0.2) is 42.5 Å². The zero-order valence-corrected chi connectivity index (χ0v) is 12.1. The lowest BCUT2D eigenvalue weighted by atomic mass is 10.00. The van der Waals surface area contributed by atoms with Crippen LogP contribution in [-0.2, 0) is 4.79 Å². The zero-order chi connectivity index (χ0) is 13.5. The van der Waals surface area contributed by atoms with Crippen LogP contribution < -0.4 is 11.1 Å². The van der Waals surface area contributed by atoms with Gasteiger partial charge in [-0.1, -0.05) is 20.3 Å². The summed E-state index contributed by atoms with van der Waals surface area (Å²) >= 11 is 0. The van der Waals surface area contributed by atoms with Crippen LogP contribution in [0.4, 0.5) is 0 Å². The van der Waals surface area contributed by atoms with Gasteiger partial charge in [0.1, 0.15) is 0 Å². The number of rotatable bonds is 6. The Labute approximate surface area is 111 Å². The van der Waals surface area contributed by atoms with Crippen LogP contribution in [0.15, 0.2) is 0 Å². The zero-order valence-electron chi connectivity index (χ0n) is 12.1. The second-order valence-electron chi connectivity index (χ2n) is 5.77. The third-order valence-corrected chi connectivity index (χ3v) is 3.84. The number of amides is 1. The minimum atomic E-state index is -0.0500. The Hall–Kier alpha value is -0.610. The predicted molar refractivity (Wildman–Crippen MR) is 75.3 cm³/mol. The molecule has 1 aliphatic rings. The third kappa shape index (κ3) is 4.58. The first-order valence-corrected chi connectivity index (χ1v) is 7.29. The monoisotopic (exact) mass is 255 g/mol. The minimum Gasteiger partial charge on any atom is -0.355 e. The molecule has 18 heavy (non-hydrogen) atoms. The van der Waals surface area contributed by atoms with Crippen LogP contribution in [0.25, 0.3) is 0 Å². The fraction of sp³-hybridized carbons (Fsp3) is 0.929. The average Bonchev–Trinajstić information content (AvgIpc) is 2.37. The summed E-state index contributed by atoms with van der Waals surface area (Å²) < 4.78 is 0. The molecule has 1 aliphatic heterocycles. The molecule has 0 aromatic carbocycles. The van der Waals surface area contributed by atoms with Gasteiger partial charge in [0.15, 0.2) is 0 Å². The van der Waals surface area contributed by atoms with Crippen molar-refractivity contribution in [2.75, 3.05) is 19.6 Å². The van der Waals surface area contributed by atoms with E-state index in [0.717, 1.165) is 25.9 Å². The minimum absolute atomic E-state index is 0.0500. The van der Waals surface area contributed by atoms with Gasteiger partial charge in [0.2, 0.25) is 5.91 Å². The largest absolute Gasteiger partial charge is 0.355 e. The van der Waals surface area contributed by atoms with Crippen LogP contribution in [0.3, 0.4) is 0 Å². The molecule has 0 spiro atoms. The summed E-state index contributed by atoms with van der Waals surface area (Å²) in [5, 5.41) is 3.03. The molecule has 1 saturated heterocycles. The van der Waals surface area contributed by atoms with Crippen LogP contribution in [0, 0.1) is 5.92 Å². The Kier molecular flexibility index (Phi) is 6.65. The van der Waals surface area contributed by atoms with E-state index in [1.54, 1.807) is 0 Å². The molecule has 3 N–H and O–H groups in total. The first-order chi connectivity index (χ1) is 8.56. The standard InChI is InChI=1S/C14H29N3O/c1-11(2)7-8-16-14(18)12(3)17-9-5-4-6-13(17)10-15/h11-13H,4-10,15H2,1-3H3,(H,16,18). The molecule has 1 amide bonds. The molecule has 106 valence electrons. The van der Waals surface area contributed by atoms with Crippen molar-refractivity contribution in [3.8, 4) is 0 Å². The Balaban J connectivity index is 2.41. The summed E-state index contributed by atoms with van der Waals surface area (Å²) in [7, 11) is 0. The molecule has 1 rings (SSSR count). The number of carbonyl (C=O) groups excluding carboxylic acids is 1. The number of nitrogens with zero attached hydrogens (tertiary/aromatic N) is 1. The highest BCUT2D eigenvalue weighted by Crippen LogP contribution is 2.18. The summed E-state index contributed by atoms with van der Waals surface area (Å²) in [6.45, 7) is 8.78. The smallest absolute Gasteiger partial charge is 0.237 e. The first-order valence-electron chi connectivity index (χ1n) is 7.29. The predicted octanol–water partition coefficient (Wildman–Crippen LogP) is 1.35. The van der Waals surface area contributed by atoms with Crippen molar-refractivity contribution in [1.29, 1.82) is 0 Å². The molecule has 0 aromatic heterocycles.